The second-order valence-corrected chi connectivity index (χ2v) is 6.51. The Bertz CT molecular complexity index is 336. The van der Waals surface area contributed by atoms with E-state index in [9.17, 15) is 10.2 Å². The summed E-state index contributed by atoms with van der Waals surface area (Å²) < 4.78 is 0. The van der Waals surface area contributed by atoms with Gasteiger partial charge in [0.15, 0.2) is 0 Å². The SMILES string of the molecule is C[C@@H]1[C@H](O)[C@@H]2C(CO)=CC[C@H]3[C@@H]2[C@H]1CC[C@H]3C. The van der Waals surface area contributed by atoms with Crippen molar-refractivity contribution < 1.29 is 10.2 Å². The zero-order valence-electron chi connectivity index (χ0n) is 10.8. The molecule has 17 heavy (non-hydrogen) atoms. The molecule has 3 aliphatic carbocycles. The summed E-state index contributed by atoms with van der Waals surface area (Å²) in [5.41, 5.74) is 1.11. The molecular weight excluding hydrogens is 212 g/mol. The fourth-order valence-electron chi connectivity index (χ4n) is 4.96. The second-order valence-electron chi connectivity index (χ2n) is 6.51. The maximum absolute atomic E-state index is 10.5. The van der Waals surface area contributed by atoms with Gasteiger partial charge >= 0.3 is 0 Å². The van der Waals surface area contributed by atoms with Gasteiger partial charge in [-0.2, -0.15) is 0 Å². The maximum atomic E-state index is 10.5. The average molecular weight is 236 g/mol. The van der Waals surface area contributed by atoms with Gasteiger partial charge in [-0.25, -0.2) is 0 Å². The highest BCUT2D eigenvalue weighted by Crippen LogP contribution is 2.58. The molecule has 3 aliphatic rings. The van der Waals surface area contributed by atoms with Crippen LogP contribution in [-0.4, -0.2) is 22.9 Å². The monoisotopic (exact) mass is 236 g/mol. The second kappa shape index (κ2) is 4.10. The van der Waals surface area contributed by atoms with Gasteiger partial charge in [0.25, 0.3) is 0 Å². The van der Waals surface area contributed by atoms with Gasteiger partial charge < -0.3 is 10.2 Å². The number of hydrogen-bond donors (Lipinski definition) is 2. The van der Waals surface area contributed by atoms with Crippen LogP contribution in [0.4, 0.5) is 0 Å². The minimum absolute atomic E-state index is 0.138. The first-order chi connectivity index (χ1) is 8.15. The number of aliphatic hydroxyl groups is 2. The number of hydrogen-bond acceptors (Lipinski definition) is 2. The van der Waals surface area contributed by atoms with Crippen molar-refractivity contribution in [2.45, 2.75) is 39.2 Å². The van der Waals surface area contributed by atoms with Crippen LogP contribution in [-0.2, 0) is 0 Å². The molecule has 0 radical (unpaired) electrons. The summed E-state index contributed by atoms with van der Waals surface area (Å²) in [6.07, 6.45) is 5.70. The van der Waals surface area contributed by atoms with Crippen molar-refractivity contribution in [2.75, 3.05) is 6.61 Å². The molecule has 0 aromatic rings. The van der Waals surface area contributed by atoms with Gasteiger partial charge in [0, 0.05) is 5.92 Å². The largest absolute Gasteiger partial charge is 0.392 e. The lowest BCUT2D eigenvalue weighted by Gasteiger charge is -2.44. The number of rotatable bonds is 1. The van der Waals surface area contributed by atoms with Gasteiger partial charge in [0.05, 0.1) is 12.7 Å². The molecule has 0 bridgehead atoms. The molecule has 3 rings (SSSR count). The van der Waals surface area contributed by atoms with Crippen LogP contribution in [0.2, 0.25) is 0 Å². The Hall–Kier alpha value is -0.340. The molecule has 0 unspecified atom stereocenters. The Labute approximate surface area is 104 Å². The van der Waals surface area contributed by atoms with E-state index < -0.39 is 0 Å². The van der Waals surface area contributed by atoms with Crippen LogP contribution >= 0.6 is 0 Å². The maximum Gasteiger partial charge on any atom is 0.0645 e. The van der Waals surface area contributed by atoms with Gasteiger partial charge in [-0.3, -0.25) is 0 Å². The van der Waals surface area contributed by atoms with Crippen molar-refractivity contribution in [2.24, 2.45) is 35.5 Å². The van der Waals surface area contributed by atoms with E-state index >= 15 is 0 Å². The normalized spacial score (nSPS) is 53.2. The lowest BCUT2D eigenvalue weighted by molar-refractivity contribution is 0.0666. The van der Waals surface area contributed by atoms with Crippen LogP contribution in [0.5, 0.6) is 0 Å². The van der Waals surface area contributed by atoms with Gasteiger partial charge in [0.1, 0.15) is 0 Å². The predicted molar refractivity (Wildman–Crippen MR) is 67.3 cm³/mol. The van der Waals surface area contributed by atoms with Crippen LogP contribution in [0, 0.1) is 35.5 Å². The Morgan fingerprint density at radius 1 is 1.24 bits per heavy atom. The van der Waals surface area contributed by atoms with Crippen LogP contribution in [0.3, 0.4) is 0 Å². The third kappa shape index (κ3) is 1.53. The third-order valence-corrected chi connectivity index (χ3v) is 5.93. The van der Waals surface area contributed by atoms with E-state index in [-0.39, 0.29) is 18.6 Å². The zero-order chi connectivity index (χ0) is 12.2. The Balaban J connectivity index is 1.99. The predicted octanol–water partition coefficient (Wildman–Crippen LogP) is 2.21. The van der Waals surface area contributed by atoms with Crippen molar-refractivity contribution >= 4 is 0 Å². The quantitative estimate of drug-likeness (QED) is 0.685. The van der Waals surface area contributed by atoms with Gasteiger partial charge in [0.2, 0.25) is 0 Å². The van der Waals surface area contributed by atoms with Crippen LogP contribution in [0.15, 0.2) is 11.6 Å². The highest BCUT2D eigenvalue weighted by atomic mass is 16.3. The van der Waals surface area contributed by atoms with Crippen LogP contribution in [0.25, 0.3) is 0 Å². The molecule has 2 saturated carbocycles. The van der Waals surface area contributed by atoms with E-state index in [1.54, 1.807) is 0 Å². The first-order valence-electron chi connectivity index (χ1n) is 7.13. The van der Waals surface area contributed by atoms with E-state index in [1.165, 1.54) is 12.8 Å². The van der Waals surface area contributed by atoms with Crippen molar-refractivity contribution in [1.29, 1.82) is 0 Å². The fourth-order valence-corrected chi connectivity index (χ4v) is 4.96. The smallest absolute Gasteiger partial charge is 0.0645 e. The summed E-state index contributed by atoms with van der Waals surface area (Å²) in [6.45, 7) is 4.71. The van der Waals surface area contributed by atoms with Gasteiger partial charge in [-0.1, -0.05) is 26.3 Å². The lowest BCUT2D eigenvalue weighted by atomic mass is 9.61. The van der Waals surface area contributed by atoms with Crippen molar-refractivity contribution in [3.8, 4) is 0 Å². The molecular formula is C15H24O2. The summed E-state index contributed by atoms with van der Waals surface area (Å²) in [5.74, 6) is 3.51. The summed E-state index contributed by atoms with van der Waals surface area (Å²) in [6, 6.07) is 0. The molecule has 0 heterocycles. The minimum atomic E-state index is -0.225. The Kier molecular flexibility index (Phi) is 2.83. The number of allylic oxidation sites excluding steroid dienone is 1. The van der Waals surface area contributed by atoms with Crippen molar-refractivity contribution in [3.63, 3.8) is 0 Å². The first kappa shape index (κ1) is 11.7. The van der Waals surface area contributed by atoms with E-state index in [0.717, 1.165) is 23.8 Å². The summed E-state index contributed by atoms with van der Waals surface area (Å²) in [7, 11) is 0. The molecule has 0 aromatic heterocycles. The van der Waals surface area contributed by atoms with Crippen LogP contribution in [0.1, 0.15) is 33.1 Å². The van der Waals surface area contributed by atoms with E-state index in [1.807, 2.05) is 0 Å². The van der Waals surface area contributed by atoms with Crippen LogP contribution < -0.4 is 0 Å². The lowest BCUT2D eigenvalue weighted by Crippen LogP contribution is -2.38. The molecule has 0 amide bonds. The highest BCUT2D eigenvalue weighted by Gasteiger charge is 2.55. The molecule has 2 heteroatoms. The van der Waals surface area contributed by atoms with Crippen molar-refractivity contribution in [1.82, 2.24) is 0 Å². The van der Waals surface area contributed by atoms with Crippen molar-refractivity contribution in [3.05, 3.63) is 11.6 Å². The first-order valence-corrected chi connectivity index (χ1v) is 7.13. The van der Waals surface area contributed by atoms with E-state index in [0.29, 0.717) is 17.8 Å². The molecule has 0 spiro atoms. The summed E-state index contributed by atoms with van der Waals surface area (Å²) in [4.78, 5) is 0. The Morgan fingerprint density at radius 2 is 2.00 bits per heavy atom. The van der Waals surface area contributed by atoms with E-state index in [4.69, 9.17) is 0 Å². The van der Waals surface area contributed by atoms with E-state index in [2.05, 4.69) is 19.9 Å². The zero-order valence-corrected chi connectivity index (χ0v) is 10.8. The number of aliphatic hydroxyl groups excluding tert-OH is 2. The standard InChI is InChI=1S/C15H24O2/c1-8-3-5-12-9(2)15(17)13-10(7-16)4-6-11(8)14(12)13/h4,8-9,11-17H,3,5-7H2,1-2H3/t8-,9+,11-,12+,13-,14-,15+/m1/s1. The average Bonchev–Trinajstić information content (AvgIpc) is 2.60. The Morgan fingerprint density at radius 3 is 2.71 bits per heavy atom. The topological polar surface area (TPSA) is 40.5 Å². The fraction of sp³-hybridized carbons (Fsp3) is 0.867. The molecule has 0 aromatic carbocycles. The summed E-state index contributed by atoms with van der Waals surface area (Å²) >= 11 is 0. The minimum Gasteiger partial charge on any atom is -0.392 e. The molecule has 0 saturated heterocycles. The molecule has 96 valence electrons. The summed E-state index contributed by atoms with van der Waals surface area (Å²) in [5, 5.41) is 20.0. The molecule has 0 aliphatic heterocycles. The van der Waals surface area contributed by atoms with Gasteiger partial charge in [-0.15, -0.1) is 0 Å². The molecule has 2 fully saturated rings. The van der Waals surface area contributed by atoms with Gasteiger partial charge in [-0.05, 0) is 48.0 Å². The molecule has 7 atom stereocenters. The molecule has 2 nitrogen and oxygen atoms in total. The molecule has 2 N–H and O–H groups in total. The third-order valence-electron chi connectivity index (χ3n) is 5.93. The highest BCUT2D eigenvalue weighted by molar-refractivity contribution is 5.21.